The predicted octanol–water partition coefficient (Wildman–Crippen LogP) is 4.15. The van der Waals surface area contributed by atoms with Gasteiger partial charge in [0, 0.05) is 17.4 Å². The van der Waals surface area contributed by atoms with E-state index in [4.69, 9.17) is 14.6 Å². The number of ether oxygens (including phenoxy) is 2. The molecule has 1 saturated heterocycles. The van der Waals surface area contributed by atoms with Crippen molar-refractivity contribution < 1.29 is 29.0 Å². The van der Waals surface area contributed by atoms with E-state index in [1.165, 1.54) is 0 Å². The van der Waals surface area contributed by atoms with E-state index in [0.29, 0.717) is 11.8 Å². The Labute approximate surface area is 178 Å². The van der Waals surface area contributed by atoms with Gasteiger partial charge in [-0.25, -0.2) is 0 Å². The first-order valence-corrected chi connectivity index (χ1v) is 11.1. The minimum Gasteiger partial charge on any atom is -0.490 e. The summed E-state index contributed by atoms with van der Waals surface area (Å²) in [6.45, 7) is 10.9. The van der Waals surface area contributed by atoms with Crippen molar-refractivity contribution in [2.24, 2.45) is 35.0 Å². The largest absolute Gasteiger partial charge is 0.490 e. The molecule has 1 heterocycles. The molecule has 1 N–H and O–H groups in total. The van der Waals surface area contributed by atoms with Crippen LogP contribution in [0.1, 0.15) is 60.3 Å². The Hall–Kier alpha value is -2.11. The molecule has 3 aliphatic rings. The van der Waals surface area contributed by atoms with Gasteiger partial charge in [0.2, 0.25) is 0 Å². The van der Waals surface area contributed by atoms with Gasteiger partial charge in [-0.3, -0.25) is 14.4 Å². The Morgan fingerprint density at radius 3 is 2.63 bits per heavy atom. The lowest BCUT2D eigenvalue weighted by Gasteiger charge is -2.52. The van der Waals surface area contributed by atoms with Crippen LogP contribution >= 0.6 is 0 Å². The van der Waals surface area contributed by atoms with Gasteiger partial charge in [-0.2, -0.15) is 0 Å². The van der Waals surface area contributed by atoms with Crippen molar-refractivity contribution in [3.8, 4) is 0 Å². The monoisotopic (exact) mass is 418 g/mol. The third-order valence-corrected chi connectivity index (χ3v) is 7.64. The third kappa shape index (κ3) is 3.69. The maximum atomic E-state index is 12.4. The predicted molar refractivity (Wildman–Crippen MR) is 111 cm³/mol. The number of hydrogen-bond donors (Lipinski definition) is 1. The van der Waals surface area contributed by atoms with E-state index in [-0.39, 0.29) is 48.2 Å². The summed E-state index contributed by atoms with van der Waals surface area (Å²) in [7, 11) is 0. The number of allylic oxidation sites excluding steroid dienone is 2. The van der Waals surface area contributed by atoms with Crippen molar-refractivity contribution in [1.29, 1.82) is 0 Å². The number of rotatable bonds is 7. The summed E-state index contributed by atoms with van der Waals surface area (Å²) in [6, 6.07) is 0. The van der Waals surface area contributed by atoms with Crippen molar-refractivity contribution in [2.75, 3.05) is 0 Å². The molecular weight excluding hydrogens is 384 g/mol. The molecule has 1 aliphatic heterocycles. The van der Waals surface area contributed by atoms with E-state index in [1.807, 2.05) is 0 Å². The van der Waals surface area contributed by atoms with Crippen LogP contribution in [0.15, 0.2) is 23.5 Å². The van der Waals surface area contributed by atoms with E-state index in [0.717, 1.165) is 30.5 Å². The van der Waals surface area contributed by atoms with Crippen molar-refractivity contribution in [2.45, 2.75) is 72.5 Å². The molecule has 6 nitrogen and oxygen atoms in total. The highest BCUT2D eigenvalue weighted by atomic mass is 16.5. The molecular formula is C24H34O6. The van der Waals surface area contributed by atoms with Crippen LogP contribution in [-0.4, -0.2) is 35.5 Å². The van der Waals surface area contributed by atoms with Crippen LogP contribution in [0.25, 0.3) is 0 Å². The van der Waals surface area contributed by atoms with E-state index >= 15 is 0 Å². The highest BCUT2D eigenvalue weighted by molar-refractivity contribution is 5.76. The summed E-state index contributed by atoms with van der Waals surface area (Å²) in [5.41, 5.74) is 0.738. The second kappa shape index (κ2) is 8.56. The van der Waals surface area contributed by atoms with Crippen LogP contribution in [0.4, 0.5) is 0 Å². The van der Waals surface area contributed by atoms with Gasteiger partial charge < -0.3 is 14.6 Å². The van der Waals surface area contributed by atoms with Crippen molar-refractivity contribution in [3.63, 3.8) is 0 Å². The molecule has 30 heavy (non-hydrogen) atoms. The number of aliphatic carboxylic acids is 1. The molecule has 166 valence electrons. The van der Waals surface area contributed by atoms with Gasteiger partial charge in [-0.1, -0.05) is 41.0 Å². The fourth-order valence-corrected chi connectivity index (χ4v) is 6.40. The van der Waals surface area contributed by atoms with Crippen molar-refractivity contribution in [3.05, 3.63) is 23.5 Å². The maximum absolute atomic E-state index is 12.4. The maximum Gasteiger partial charge on any atom is 0.306 e. The zero-order valence-corrected chi connectivity index (χ0v) is 18.6. The van der Waals surface area contributed by atoms with Gasteiger partial charge in [-0.05, 0) is 41.7 Å². The normalized spacial score (nSPS) is 39.5. The van der Waals surface area contributed by atoms with Crippen LogP contribution in [-0.2, 0) is 23.9 Å². The third-order valence-electron chi connectivity index (χ3n) is 7.64. The molecule has 1 saturated carbocycles. The number of aldehydes is 1. The molecule has 8 unspecified atom stereocenters. The van der Waals surface area contributed by atoms with Crippen LogP contribution in [0.3, 0.4) is 0 Å². The first-order chi connectivity index (χ1) is 14.1. The Balaban J connectivity index is 2.00. The molecule has 2 bridgehead atoms. The number of carbonyl (C=O) groups is 3. The quantitative estimate of drug-likeness (QED) is 0.289. The Kier molecular flexibility index (Phi) is 6.44. The van der Waals surface area contributed by atoms with Crippen molar-refractivity contribution >= 4 is 18.2 Å². The summed E-state index contributed by atoms with van der Waals surface area (Å²) in [5, 5.41) is 8.87. The number of fused-ring (bicyclic) bond motifs is 4. The lowest BCUT2D eigenvalue weighted by atomic mass is 9.51. The van der Waals surface area contributed by atoms with Crippen molar-refractivity contribution in [1.82, 2.24) is 0 Å². The zero-order valence-electron chi connectivity index (χ0n) is 18.6. The summed E-state index contributed by atoms with van der Waals surface area (Å²) >= 11 is 0. The van der Waals surface area contributed by atoms with E-state index < -0.39 is 11.9 Å². The average Bonchev–Trinajstić information content (AvgIpc) is 2.87. The van der Waals surface area contributed by atoms with Crippen LogP contribution in [0.5, 0.6) is 0 Å². The average molecular weight is 419 g/mol. The Morgan fingerprint density at radius 1 is 1.33 bits per heavy atom. The molecule has 2 fully saturated rings. The Bertz CT molecular complexity index is 768. The van der Waals surface area contributed by atoms with Gasteiger partial charge in [0.05, 0.1) is 12.8 Å². The molecule has 0 aromatic carbocycles. The van der Waals surface area contributed by atoms with Crippen LogP contribution in [0.2, 0.25) is 0 Å². The molecule has 0 aromatic heterocycles. The highest BCUT2D eigenvalue weighted by Gasteiger charge is 2.63. The SMILES string of the molecule is CCC(C)C1C2C=C3C(OC(=O)CCC(=O)O)C(C)CC(C)C3C1(C)C(=CC=O)O2. The number of esters is 1. The Morgan fingerprint density at radius 2 is 2.03 bits per heavy atom. The number of carbonyl (C=O) groups excluding carboxylic acids is 2. The van der Waals surface area contributed by atoms with Gasteiger partial charge in [0.15, 0.2) is 0 Å². The molecule has 0 spiro atoms. The topological polar surface area (TPSA) is 89.9 Å². The molecule has 6 heteroatoms. The summed E-state index contributed by atoms with van der Waals surface area (Å²) in [6.07, 6.45) is 5.50. The molecule has 0 amide bonds. The van der Waals surface area contributed by atoms with Gasteiger partial charge >= 0.3 is 11.9 Å². The number of carboxylic acid groups (broad SMARTS) is 1. The van der Waals surface area contributed by atoms with Gasteiger partial charge in [0.1, 0.15) is 24.3 Å². The molecule has 2 aliphatic carbocycles. The number of carboxylic acids is 1. The second-order valence-electron chi connectivity index (χ2n) is 9.58. The van der Waals surface area contributed by atoms with Gasteiger partial charge in [-0.15, -0.1) is 0 Å². The minimum atomic E-state index is -1.01. The summed E-state index contributed by atoms with van der Waals surface area (Å²) in [5.74, 6) is 0.504. The fourth-order valence-electron chi connectivity index (χ4n) is 6.40. The molecule has 8 atom stereocenters. The first-order valence-electron chi connectivity index (χ1n) is 11.1. The van der Waals surface area contributed by atoms with E-state index in [9.17, 15) is 14.4 Å². The lowest BCUT2D eigenvalue weighted by Crippen LogP contribution is -2.51. The molecule has 0 aromatic rings. The fraction of sp³-hybridized carbons (Fsp3) is 0.708. The highest BCUT2D eigenvalue weighted by Crippen LogP contribution is 2.64. The van der Waals surface area contributed by atoms with E-state index in [1.54, 1.807) is 6.08 Å². The summed E-state index contributed by atoms with van der Waals surface area (Å²) in [4.78, 5) is 34.6. The molecule has 0 radical (unpaired) electrons. The first kappa shape index (κ1) is 22.6. The standard InChI is InChI=1S/C24H34O6/c1-6-13(2)22-17-12-16-21(24(22,5)18(29-17)9-10-25)14(3)11-15(4)23(16)30-20(28)8-7-19(26)27/h9-10,12-15,17,21-23H,6-8,11H2,1-5H3,(H,26,27). The van der Waals surface area contributed by atoms with E-state index in [2.05, 4.69) is 40.7 Å². The molecule has 3 rings (SSSR count). The smallest absolute Gasteiger partial charge is 0.306 e. The van der Waals surface area contributed by atoms with Crippen LogP contribution < -0.4 is 0 Å². The summed E-state index contributed by atoms with van der Waals surface area (Å²) < 4.78 is 12.2. The zero-order chi connectivity index (χ0) is 22.2. The lowest BCUT2D eigenvalue weighted by molar-refractivity contribution is -0.155. The second-order valence-corrected chi connectivity index (χ2v) is 9.58. The minimum absolute atomic E-state index is 0.106. The van der Waals surface area contributed by atoms with Gasteiger partial charge in [0.25, 0.3) is 0 Å². The number of hydrogen-bond acceptors (Lipinski definition) is 5. The van der Waals surface area contributed by atoms with Crippen LogP contribution in [0, 0.1) is 35.0 Å².